The number of carbonyl (C=O) groups is 1. The second kappa shape index (κ2) is 3.00. The number of likely N-dealkylation sites (tertiary alicyclic amines) is 1. The van der Waals surface area contributed by atoms with Crippen LogP contribution in [0.15, 0.2) is 11.4 Å². The highest BCUT2D eigenvalue weighted by Gasteiger charge is 2.20. The Kier molecular flexibility index (Phi) is 2.24. The number of halogens is 1. The van der Waals surface area contributed by atoms with Crippen molar-refractivity contribution in [1.82, 2.24) is 4.90 Å². The second-order valence-electron chi connectivity index (χ2n) is 2.71. The Morgan fingerprint density at radius 2 is 2.36 bits per heavy atom. The maximum atomic E-state index is 12.7. The van der Waals surface area contributed by atoms with E-state index in [1.807, 2.05) is 11.9 Å². The minimum atomic E-state index is -1.45. The van der Waals surface area contributed by atoms with Gasteiger partial charge in [-0.2, -0.15) is 4.39 Å². The zero-order valence-electron chi connectivity index (χ0n) is 6.30. The molecular weight excluding hydrogens is 149 g/mol. The van der Waals surface area contributed by atoms with E-state index >= 15 is 0 Å². The summed E-state index contributed by atoms with van der Waals surface area (Å²) in [6, 6.07) is 0. The van der Waals surface area contributed by atoms with Crippen molar-refractivity contribution in [3.05, 3.63) is 11.4 Å². The van der Waals surface area contributed by atoms with Crippen LogP contribution in [0, 0.1) is 0 Å². The molecule has 0 bridgehead atoms. The Morgan fingerprint density at radius 3 is 2.73 bits per heavy atom. The van der Waals surface area contributed by atoms with Gasteiger partial charge < -0.3 is 10.0 Å². The van der Waals surface area contributed by atoms with Gasteiger partial charge in [0.15, 0.2) is 0 Å². The molecule has 1 aliphatic heterocycles. The number of hydrogen-bond donors (Lipinski definition) is 1. The number of likely N-dealkylation sites (N-methyl/N-ethyl adjacent to an activating group) is 1. The van der Waals surface area contributed by atoms with Gasteiger partial charge in [0.05, 0.1) is 0 Å². The quantitative estimate of drug-likeness (QED) is 0.570. The van der Waals surface area contributed by atoms with Crippen LogP contribution in [-0.2, 0) is 4.79 Å². The molecule has 1 rings (SSSR count). The summed E-state index contributed by atoms with van der Waals surface area (Å²) in [6.07, 6.45) is 0.536. The van der Waals surface area contributed by atoms with E-state index < -0.39 is 11.8 Å². The molecule has 0 aromatic rings. The Hall–Kier alpha value is -0.900. The zero-order valence-corrected chi connectivity index (χ0v) is 6.30. The molecule has 11 heavy (non-hydrogen) atoms. The molecule has 0 radical (unpaired) electrons. The lowest BCUT2D eigenvalue weighted by atomic mass is 10.2. The number of aliphatic carboxylic acids is 1. The summed E-state index contributed by atoms with van der Waals surface area (Å²) in [5, 5.41) is 8.28. The van der Waals surface area contributed by atoms with Gasteiger partial charge in [-0.15, -0.1) is 0 Å². The monoisotopic (exact) mass is 159 g/mol. The van der Waals surface area contributed by atoms with Crippen LogP contribution in [0.3, 0.4) is 0 Å². The van der Waals surface area contributed by atoms with Crippen LogP contribution in [0.2, 0.25) is 0 Å². The van der Waals surface area contributed by atoms with Crippen molar-refractivity contribution in [2.24, 2.45) is 0 Å². The zero-order chi connectivity index (χ0) is 8.43. The van der Waals surface area contributed by atoms with E-state index in [1.165, 1.54) is 0 Å². The maximum absolute atomic E-state index is 12.7. The molecule has 0 amide bonds. The lowest BCUT2D eigenvalue weighted by molar-refractivity contribution is -0.134. The molecule has 62 valence electrons. The molecule has 0 atom stereocenters. The van der Waals surface area contributed by atoms with Crippen molar-refractivity contribution in [2.75, 3.05) is 20.1 Å². The molecule has 1 fully saturated rings. The fourth-order valence-corrected chi connectivity index (χ4v) is 1.14. The lowest BCUT2D eigenvalue weighted by Crippen LogP contribution is -2.12. The molecule has 1 heterocycles. The average molecular weight is 159 g/mol. The highest BCUT2D eigenvalue weighted by Crippen LogP contribution is 2.18. The van der Waals surface area contributed by atoms with Crippen LogP contribution >= 0.6 is 0 Å². The molecule has 3 nitrogen and oxygen atoms in total. The molecule has 0 saturated carbocycles. The van der Waals surface area contributed by atoms with E-state index in [0.717, 1.165) is 6.54 Å². The van der Waals surface area contributed by atoms with Gasteiger partial charge in [-0.05, 0) is 19.0 Å². The summed E-state index contributed by atoms with van der Waals surface area (Å²) >= 11 is 0. The van der Waals surface area contributed by atoms with Gasteiger partial charge in [0.2, 0.25) is 5.83 Å². The minimum Gasteiger partial charge on any atom is -0.476 e. The van der Waals surface area contributed by atoms with E-state index in [9.17, 15) is 9.18 Å². The van der Waals surface area contributed by atoms with Crippen molar-refractivity contribution < 1.29 is 14.3 Å². The van der Waals surface area contributed by atoms with Crippen LogP contribution in [0.25, 0.3) is 0 Å². The molecule has 4 heteroatoms. The van der Waals surface area contributed by atoms with Crippen LogP contribution in [0.5, 0.6) is 0 Å². The van der Waals surface area contributed by atoms with Gasteiger partial charge in [-0.3, -0.25) is 0 Å². The molecule has 0 unspecified atom stereocenters. The fraction of sp³-hybridized carbons (Fsp3) is 0.571. The van der Waals surface area contributed by atoms with E-state index in [-0.39, 0.29) is 0 Å². The standard InChI is InChI=1S/C7H10FNO2/c1-9-3-2-5(4-9)6(8)7(10)11/h2-4H2,1H3,(H,10,11)/b6-5-. The smallest absolute Gasteiger partial charge is 0.364 e. The van der Waals surface area contributed by atoms with Crippen LogP contribution in [-0.4, -0.2) is 36.1 Å². The normalized spacial score (nSPS) is 23.8. The highest BCUT2D eigenvalue weighted by atomic mass is 19.1. The van der Waals surface area contributed by atoms with E-state index in [4.69, 9.17) is 5.11 Å². The van der Waals surface area contributed by atoms with Crippen LogP contribution in [0.4, 0.5) is 4.39 Å². The second-order valence-corrected chi connectivity index (χ2v) is 2.71. The summed E-state index contributed by atoms with van der Waals surface area (Å²) in [6.45, 7) is 1.19. The molecule has 1 aliphatic rings. The number of hydrogen-bond acceptors (Lipinski definition) is 2. The first-order chi connectivity index (χ1) is 5.11. The van der Waals surface area contributed by atoms with E-state index in [2.05, 4.69) is 0 Å². The summed E-state index contributed by atoms with van der Waals surface area (Å²) in [5.41, 5.74) is 0.403. The number of carboxylic acids is 1. The number of rotatable bonds is 1. The Balaban J connectivity index is 2.73. The third kappa shape index (κ3) is 1.77. The highest BCUT2D eigenvalue weighted by molar-refractivity contribution is 5.85. The average Bonchev–Trinajstić information content (AvgIpc) is 2.34. The van der Waals surface area contributed by atoms with Crippen molar-refractivity contribution >= 4 is 5.97 Å². The molecule has 0 aromatic heterocycles. The van der Waals surface area contributed by atoms with Gasteiger partial charge >= 0.3 is 5.97 Å². The Morgan fingerprint density at radius 1 is 1.73 bits per heavy atom. The fourth-order valence-electron chi connectivity index (χ4n) is 1.14. The lowest BCUT2D eigenvalue weighted by Gasteiger charge is -2.02. The Labute approximate surface area is 64.1 Å². The maximum Gasteiger partial charge on any atom is 0.364 e. The van der Waals surface area contributed by atoms with Gasteiger partial charge in [0.1, 0.15) is 0 Å². The van der Waals surface area contributed by atoms with Gasteiger partial charge in [-0.1, -0.05) is 0 Å². The van der Waals surface area contributed by atoms with Crippen molar-refractivity contribution in [3.8, 4) is 0 Å². The van der Waals surface area contributed by atoms with Crippen molar-refractivity contribution in [1.29, 1.82) is 0 Å². The van der Waals surface area contributed by atoms with Crippen molar-refractivity contribution in [2.45, 2.75) is 6.42 Å². The molecule has 0 aliphatic carbocycles. The van der Waals surface area contributed by atoms with Crippen LogP contribution < -0.4 is 0 Å². The molecule has 0 spiro atoms. The first kappa shape index (κ1) is 8.20. The molecule has 1 N–H and O–H groups in total. The predicted octanol–water partition coefficient (Wildman–Crippen LogP) is 0.630. The first-order valence-electron chi connectivity index (χ1n) is 3.40. The summed E-state index contributed by atoms with van der Waals surface area (Å²) in [4.78, 5) is 12.0. The first-order valence-corrected chi connectivity index (χ1v) is 3.40. The summed E-state index contributed by atoms with van der Waals surface area (Å²) in [7, 11) is 1.84. The third-order valence-electron chi connectivity index (χ3n) is 1.75. The topological polar surface area (TPSA) is 40.5 Å². The SMILES string of the molecule is CN1CC/C(=C(/F)C(=O)O)C1. The van der Waals surface area contributed by atoms with E-state index in [1.54, 1.807) is 0 Å². The minimum absolute atomic E-state index is 0.403. The Bertz CT molecular complexity index is 212. The third-order valence-corrected chi connectivity index (χ3v) is 1.75. The van der Waals surface area contributed by atoms with Gasteiger partial charge in [-0.25, -0.2) is 4.79 Å². The molecule has 1 saturated heterocycles. The molecule has 0 aromatic carbocycles. The summed E-state index contributed by atoms with van der Waals surface area (Å²) in [5.74, 6) is -2.43. The largest absolute Gasteiger partial charge is 0.476 e. The van der Waals surface area contributed by atoms with E-state index in [0.29, 0.717) is 18.5 Å². The van der Waals surface area contributed by atoms with Crippen LogP contribution in [0.1, 0.15) is 6.42 Å². The number of carboxylic acid groups (broad SMARTS) is 1. The molecular formula is C7H10FNO2. The van der Waals surface area contributed by atoms with Gasteiger partial charge in [0, 0.05) is 13.1 Å². The predicted molar refractivity (Wildman–Crippen MR) is 37.9 cm³/mol. The summed E-state index contributed by atoms with van der Waals surface area (Å²) < 4.78 is 12.7. The van der Waals surface area contributed by atoms with Gasteiger partial charge in [0.25, 0.3) is 0 Å². The van der Waals surface area contributed by atoms with Crippen molar-refractivity contribution in [3.63, 3.8) is 0 Å². The number of nitrogens with zero attached hydrogens (tertiary/aromatic N) is 1.